The molecule has 2 nitrogen and oxygen atoms in total. The number of ether oxygens (including phenoxy) is 1. The van der Waals surface area contributed by atoms with Crippen LogP contribution >= 0.6 is 11.3 Å². The first-order valence-electron chi connectivity index (χ1n) is 3.71. The number of hydrogen-bond donors (Lipinski definition) is 0. The van der Waals surface area contributed by atoms with Crippen molar-refractivity contribution in [3.8, 4) is 5.75 Å². The first kappa shape index (κ1) is 7.62. The minimum atomic E-state index is 0.868. The maximum Gasteiger partial charge on any atom is 0.177 e. The molecule has 0 spiro atoms. The third-order valence-corrected chi connectivity index (χ3v) is 2.65. The van der Waals surface area contributed by atoms with Gasteiger partial charge in [0.05, 0.1) is 17.3 Å². The van der Waals surface area contributed by atoms with E-state index in [1.54, 1.807) is 18.4 Å². The van der Waals surface area contributed by atoms with E-state index < -0.39 is 0 Å². The Hall–Kier alpha value is -1.03. The molecule has 1 heterocycles. The molecule has 0 unspecified atom stereocenters. The summed E-state index contributed by atoms with van der Waals surface area (Å²) < 4.78 is 6.31. The Balaban J connectivity index is 2.66. The minimum absolute atomic E-state index is 0.868. The van der Waals surface area contributed by atoms with Gasteiger partial charge in [-0.1, -0.05) is 0 Å². The normalized spacial score (nSPS) is 10.4. The Labute approximate surface area is 75.6 Å². The fraction of sp³-hybridized carbons (Fsp3) is 0.125. The monoisotopic (exact) mass is 177 g/mol. The Bertz CT molecular complexity index is 412. The molecular weight excluding hydrogens is 169 g/mol. The zero-order valence-electron chi connectivity index (χ0n) is 7.00. The van der Waals surface area contributed by atoms with Gasteiger partial charge in [-0.2, -0.15) is 0 Å². The summed E-state index contributed by atoms with van der Waals surface area (Å²) in [4.78, 5) is 5.46. The smallest absolute Gasteiger partial charge is 0.177 e. The Kier molecular flexibility index (Phi) is 1.77. The van der Waals surface area contributed by atoms with Crippen LogP contribution in [0.15, 0.2) is 18.2 Å². The summed E-state index contributed by atoms with van der Waals surface area (Å²) >= 11 is 1.70. The molecule has 0 aliphatic rings. The van der Waals surface area contributed by atoms with E-state index in [4.69, 9.17) is 4.74 Å². The third kappa shape index (κ3) is 1.18. The van der Waals surface area contributed by atoms with Crippen LogP contribution in [0.3, 0.4) is 0 Å². The van der Waals surface area contributed by atoms with Crippen LogP contribution in [0.5, 0.6) is 5.75 Å². The van der Waals surface area contributed by atoms with Gasteiger partial charge in [0.1, 0.15) is 5.75 Å². The van der Waals surface area contributed by atoms with Gasteiger partial charge in [0.25, 0.3) is 0 Å². The van der Waals surface area contributed by atoms with E-state index in [9.17, 15) is 0 Å². The van der Waals surface area contributed by atoms with Gasteiger partial charge in [0.2, 0.25) is 0 Å². The first-order valence-corrected chi connectivity index (χ1v) is 4.52. The van der Waals surface area contributed by atoms with Crippen LogP contribution in [0.4, 0.5) is 0 Å². The molecule has 0 aliphatic heterocycles. The summed E-state index contributed by atoms with van der Waals surface area (Å²) in [6.07, 6.45) is 0. The lowest BCUT2D eigenvalue weighted by molar-refractivity contribution is 0.415. The minimum Gasteiger partial charge on any atom is -0.497 e. The molecule has 0 N–H and O–H groups in total. The van der Waals surface area contributed by atoms with Crippen LogP contribution in [-0.4, -0.2) is 19.9 Å². The number of hydrogen-bond acceptors (Lipinski definition) is 3. The highest BCUT2D eigenvalue weighted by molar-refractivity contribution is 7.25. The van der Waals surface area contributed by atoms with E-state index in [0.29, 0.717) is 0 Å². The van der Waals surface area contributed by atoms with Crippen LogP contribution in [-0.2, 0) is 0 Å². The van der Waals surface area contributed by atoms with E-state index in [1.165, 1.54) is 4.70 Å². The predicted octanol–water partition coefficient (Wildman–Crippen LogP) is 0.563. The Morgan fingerprint density at radius 1 is 1.50 bits per heavy atom. The molecule has 12 heavy (non-hydrogen) atoms. The molecule has 0 amide bonds. The third-order valence-electron chi connectivity index (χ3n) is 1.70. The lowest BCUT2D eigenvalue weighted by Gasteiger charge is -1.96. The van der Waals surface area contributed by atoms with Crippen molar-refractivity contribution in [2.75, 3.05) is 7.11 Å². The van der Waals surface area contributed by atoms with Crippen LogP contribution in [0.1, 0.15) is 0 Å². The molecule has 2 aromatic rings. The highest BCUT2D eigenvalue weighted by atomic mass is 32.1. The van der Waals surface area contributed by atoms with Gasteiger partial charge in [0, 0.05) is 11.0 Å². The van der Waals surface area contributed by atoms with E-state index >= 15 is 0 Å². The van der Waals surface area contributed by atoms with Gasteiger partial charge in [-0.05, 0) is 12.1 Å². The van der Waals surface area contributed by atoms with E-state index in [2.05, 4.69) is 4.98 Å². The molecule has 0 radical (unpaired) electrons. The summed E-state index contributed by atoms with van der Waals surface area (Å²) in [5, 5.41) is 0. The summed E-state index contributed by atoms with van der Waals surface area (Å²) in [6.45, 7) is 0. The molecule has 1 aromatic heterocycles. The van der Waals surface area contributed by atoms with Gasteiger partial charge in [0.15, 0.2) is 7.85 Å². The molecule has 0 saturated carbocycles. The van der Waals surface area contributed by atoms with Gasteiger partial charge in [-0.25, -0.2) is 0 Å². The molecule has 0 fully saturated rings. The van der Waals surface area contributed by atoms with Crippen molar-refractivity contribution >= 4 is 34.3 Å². The number of nitrogens with zero attached hydrogens (tertiary/aromatic N) is 1. The lowest BCUT2D eigenvalue weighted by Crippen LogP contribution is -1.96. The summed E-state index contributed by atoms with van der Waals surface area (Å²) in [5.41, 5.74) is 1.02. The first-order chi connectivity index (χ1) is 5.79. The van der Waals surface area contributed by atoms with Crippen molar-refractivity contribution < 1.29 is 4.74 Å². The molecule has 0 saturated heterocycles. The summed E-state index contributed by atoms with van der Waals surface area (Å²) in [5.74, 6) is 0.868. The maximum absolute atomic E-state index is 5.10. The Morgan fingerprint density at radius 3 is 3.08 bits per heavy atom. The highest BCUT2D eigenvalue weighted by Crippen LogP contribution is 2.20. The van der Waals surface area contributed by atoms with Gasteiger partial charge < -0.3 is 4.74 Å². The van der Waals surface area contributed by atoms with Crippen molar-refractivity contribution in [2.24, 2.45) is 0 Å². The van der Waals surface area contributed by atoms with E-state index in [1.807, 2.05) is 26.0 Å². The second kappa shape index (κ2) is 2.79. The standard InChI is InChI=1S/C8H8BNOS/c1-11-5-2-3-7-6(4-5)10-8(9)12-7/h2-4H,9H2,1H3. The number of methoxy groups -OCH3 is 1. The van der Waals surface area contributed by atoms with Crippen LogP contribution < -0.4 is 9.64 Å². The fourth-order valence-electron chi connectivity index (χ4n) is 1.15. The van der Waals surface area contributed by atoms with E-state index in [-0.39, 0.29) is 0 Å². The topological polar surface area (TPSA) is 22.1 Å². The number of rotatable bonds is 1. The Morgan fingerprint density at radius 2 is 2.33 bits per heavy atom. The average molecular weight is 177 g/mol. The van der Waals surface area contributed by atoms with E-state index in [0.717, 1.165) is 16.2 Å². The molecule has 1 aromatic carbocycles. The largest absolute Gasteiger partial charge is 0.497 e. The van der Waals surface area contributed by atoms with Crippen molar-refractivity contribution in [1.29, 1.82) is 0 Å². The van der Waals surface area contributed by atoms with Gasteiger partial charge in [-0.3, -0.25) is 4.98 Å². The molecule has 0 atom stereocenters. The highest BCUT2D eigenvalue weighted by Gasteiger charge is 2.00. The predicted molar refractivity (Wildman–Crippen MR) is 54.4 cm³/mol. The fourth-order valence-corrected chi connectivity index (χ4v) is 1.96. The van der Waals surface area contributed by atoms with Gasteiger partial charge in [-0.15, -0.1) is 11.3 Å². The number of thiazole rings is 1. The number of aromatic nitrogens is 1. The van der Waals surface area contributed by atoms with Crippen molar-refractivity contribution in [1.82, 2.24) is 4.98 Å². The lowest BCUT2D eigenvalue weighted by atomic mass is 10.2. The molecule has 4 heteroatoms. The molecule has 60 valence electrons. The van der Waals surface area contributed by atoms with Crippen molar-refractivity contribution in [2.45, 2.75) is 0 Å². The number of fused-ring (bicyclic) bond motifs is 1. The zero-order chi connectivity index (χ0) is 8.55. The zero-order valence-corrected chi connectivity index (χ0v) is 7.81. The molecule has 0 aliphatic carbocycles. The number of benzene rings is 1. The van der Waals surface area contributed by atoms with Gasteiger partial charge >= 0.3 is 0 Å². The molecular formula is C8H8BNOS. The quantitative estimate of drug-likeness (QED) is 0.594. The maximum atomic E-state index is 5.10. The van der Waals surface area contributed by atoms with Crippen LogP contribution in [0.2, 0.25) is 0 Å². The average Bonchev–Trinajstić information content (AvgIpc) is 2.43. The van der Waals surface area contributed by atoms with Crippen LogP contribution in [0, 0.1) is 0 Å². The second-order valence-electron chi connectivity index (χ2n) is 2.57. The van der Waals surface area contributed by atoms with Crippen LogP contribution in [0.25, 0.3) is 10.2 Å². The SMILES string of the molecule is Bc1nc2cc(OC)ccc2s1. The second-order valence-corrected chi connectivity index (χ2v) is 3.80. The molecule has 2 rings (SSSR count). The summed E-state index contributed by atoms with van der Waals surface area (Å²) in [7, 11) is 3.68. The molecule has 0 bridgehead atoms. The summed E-state index contributed by atoms with van der Waals surface area (Å²) in [6, 6.07) is 5.96. The van der Waals surface area contributed by atoms with Crippen molar-refractivity contribution in [3.63, 3.8) is 0 Å². The van der Waals surface area contributed by atoms with Crippen molar-refractivity contribution in [3.05, 3.63) is 18.2 Å².